The van der Waals surface area contributed by atoms with E-state index in [0.29, 0.717) is 11.3 Å². The molecular formula is C15H16N2OS. The summed E-state index contributed by atoms with van der Waals surface area (Å²) in [5.74, 6) is -0.121. The molecule has 0 aromatic heterocycles. The minimum Gasteiger partial charge on any atom is -0.399 e. The molecule has 3 N–H and O–H groups in total. The number of para-hydroxylation sites is 1. The standard InChI is InChI=1S/C15H16N2OS/c1-10-9-11(7-8-12(10)16)15(18)17-13-5-3-4-6-14(13)19-2/h3-9H,16H2,1-2H3,(H,17,18). The van der Waals surface area contributed by atoms with Crippen molar-refractivity contribution in [1.82, 2.24) is 0 Å². The van der Waals surface area contributed by atoms with Crippen LogP contribution in [0.4, 0.5) is 11.4 Å². The molecule has 0 aliphatic rings. The van der Waals surface area contributed by atoms with Gasteiger partial charge in [0.05, 0.1) is 5.69 Å². The zero-order valence-corrected chi connectivity index (χ0v) is 11.8. The topological polar surface area (TPSA) is 55.1 Å². The maximum absolute atomic E-state index is 12.2. The van der Waals surface area contributed by atoms with Gasteiger partial charge in [0.25, 0.3) is 5.91 Å². The summed E-state index contributed by atoms with van der Waals surface area (Å²) in [6.45, 7) is 1.89. The summed E-state index contributed by atoms with van der Waals surface area (Å²) in [5, 5.41) is 2.92. The molecule has 0 atom stereocenters. The van der Waals surface area contributed by atoms with Crippen molar-refractivity contribution in [2.75, 3.05) is 17.3 Å². The molecule has 0 saturated heterocycles. The monoisotopic (exact) mass is 272 g/mol. The molecule has 19 heavy (non-hydrogen) atoms. The second-order valence-electron chi connectivity index (χ2n) is 4.23. The van der Waals surface area contributed by atoms with Crippen LogP contribution in [0.2, 0.25) is 0 Å². The number of hydrogen-bond donors (Lipinski definition) is 2. The molecule has 0 aliphatic carbocycles. The quantitative estimate of drug-likeness (QED) is 0.663. The fourth-order valence-corrected chi connectivity index (χ4v) is 2.31. The van der Waals surface area contributed by atoms with Gasteiger partial charge in [0, 0.05) is 16.1 Å². The summed E-state index contributed by atoms with van der Waals surface area (Å²) in [7, 11) is 0. The number of nitrogen functional groups attached to an aromatic ring is 1. The molecule has 0 fully saturated rings. The third-order valence-electron chi connectivity index (χ3n) is 2.89. The average Bonchev–Trinajstić information content (AvgIpc) is 2.42. The van der Waals surface area contributed by atoms with Crippen LogP contribution in [0.3, 0.4) is 0 Å². The van der Waals surface area contributed by atoms with E-state index in [1.54, 1.807) is 30.0 Å². The Balaban J connectivity index is 2.23. The van der Waals surface area contributed by atoms with E-state index in [1.807, 2.05) is 37.4 Å². The first-order valence-electron chi connectivity index (χ1n) is 5.92. The van der Waals surface area contributed by atoms with Crippen molar-refractivity contribution in [1.29, 1.82) is 0 Å². The van der Waals surface area contributed by atoms with E-state index < -0.39 is 0 Å². The number of rotatable bonds is 3. The molecule has 2 rings (SSSR count). The minimum absolute atomic E-state index is 0.121. The zero-order valence-electron chi connectivity index (χ0n) is 10.9. The Morgan fingerprint density at radius 2 is 1.95 bits per heavy atom. The third kappa shape index (κ3) is 3.09. The highest BCUT2D eigenvalue weighted by atomic mass is 32.2. The van der Waals surface area contributed by atoms with Gasteiger partial charge in [-0.25, -0.2) is 0 Å². The van der Waals surface area contributed by atoms with Gasteiger partial charge in [-0.1, -0.05) is 12.1 Å². The lowest BCUT2D eigenvalue weighted by Crippen LogP contribution is -2.12. The van der Waals surface area contributed by atoms with Gasteiger partial charge in [-0.3, -0.25) is 4.79 Å². The molecule has 3 nitrogen and oxygen atoms in total. The van der Waals surface area contributed by atoms with Crippen LogP contribution in [-0.4, -0.2) is 12.2 Å². The highest BCUT2D eigenvalue weighted by Gasteiger charge is 2.09. The van der Waals surface area contributed by atoms with Crippen molar-refractivity contribution in [3.8, 4) is 0 Å². The van der Waals surface area contributed by atoms with Crippen LogP contribution in [-0.2, 0) is 0 Å². The smallest absolute Gasteiger partial charge is 0.255 e. The van der Waals surface area contributed by atoms with Gasteiger partial charge in [0.2, 0.25) is 0 Å². The second kappa shape index (κ2) is 5.80. The third-order valence-corrected chi connectivity index (χ3v) is 3.68. The van der Waals surface area contributed by atoms with Crippen LogP contribution in [0, 0.1) is 6.92 Å². The van der Waals surface area contributed by atoms with Gasteiger partial charge in [-0.15, -0.1) is 11.8 Å². The van der Waals surface area contributed by atoms with Crippen LogP contribution in [0.25, 0.3) is 0 Å². The van der Waals surface area contributed by atoms with Crippen LogP contribution in [0.1, 0.15) is 15.9 Å². The number of benzene rings is 2. The van der Waals surface area contributed by atoms with Crippen LogP contribution in [0.5, 0.6) is 0 Å². The molecule has 2 aromatic carbocycles. The van der Waals surface area contributed by atoms with Gasteiger partial charge >= 0.3 is 0 Å². The fourth-order valence-electron chi connectivity index (χ4n) is 1.76. The van der Waals surface area contributed by atoms with Crippen molar-refractivity contribution < 1.29 is 4.79 Å². The Morgan fingerprint density at radius 1 is 1.21 bits per heavy atom. The summed E-state index contributed by atoms with van der Waals surface area (Å²) in [4.78, 5) is 13.2. The molecule has 0 spiro atoms. The molecule has 0 unspecified atom stereocenters. The van der Waals surface area contributed by atoms with Crippen LogP contribution >= 0.6 is 11.8 Å². The number of carbonyl (C=O) groups excluding carboxylic acids is 1. The van der Waals surface area contributed by atoms with Gasteiger partial charge in [-0.2, -0.15) is 0 Å². The molecule has 1 amide bonds. The van der Waals surface area contributed by atoms with Crippen LogP contribution in [0.15, 0.2) is 47.4 Å². The maximum Gasteiger partial charge on any atom is 0.255 e. The highest BCUT2D eigenvalue weighted by Crippen LogP contribution is 2.25. The second-order valence-corrected chi connectivity index (χ2v) is 5.07. The fraction of sp³-hybridized carbons (Fsp3) is 0.133. The highest BCUT2D eigenvalue weighted by molar-refractivity contribution is 7.98. The lowest BCUT2D eigenvalue weighted by molar-refractivity contribution is 0.102. The lowest BCUT2D eigenvalue weighted by atomic mass is 10.1. The van der Waals surface area contributed by atoms with Crippen molar-refractivity contribution in [3.05, 3.63) is 53.6 Å². The van der Waals surface area contributed by atoms with Crippen molar-refractivity contribution >= 4 is 29.0 Å². The van der Waals surface area contributed by atoms with E-state index in [9.17, 15) is 4.79 Å². The van der Waals surface area contributed by atoms with Gasteiger partial charge in [0.15, 0.2) is 0 Å². The predicted molar refractivity (Wildman–Crippen MR) is 81.8 cm³/mol. The van der Waals surface area contributed by atoms with Crippen LogP contribution < -0.4 is 11.1 Å². The molecule has 0 bridgehead atoms. The van der Waals surface area contributed by atoms with E-state index in [0.717, 1.165) is 16.1 Å². The summed E-state index contributed by atoms with van der Waals surface area (Å²) in [5.41, 5.74) is 8.80. The van der Waals surface area contributed by atoms with Crippen molar-refractivity contribution in [2.45, 2.75) is 11.8 Å². The molecule has 0 saturated carbocycles. The first kappa shape index (κ1) is 13.5. The summed E-state index contributed by atoms with van der Waals surface area (Å²) in [6.07, 6.45) is 1.98. The molecule has 0 heterocycles. The number of carbonyl (C=O) groups is 1. The molecule has 0 radical (unpaired) electrons. The van der Waals surface area contributed by atoms with Gasteiger partial charge in [-0.05, 0) is 49.1 Å². The Labute approximate surface area is 117 Å². The van der Waals surface area contributed by atoms with Crippen molar-refractivity contribution in [2.24, 2.45) is 0 Å². The average molecular weight is 272 g/mol. The largest absolute Gasteiger partial charge is 0.399 e. The lowest BCUT2D eigenvalue weighted by Gasteiger charge is -2.10. The zero-order chi connectivity index (χ0) is 13.8. The Bertz CT molecular complexity index is 611. The summed E-state index contributed by atoms with van der Waals surface area (Å²) in [6, 6.07) is 13.0. The summed E-state index contributed by atoms with van der Waals surface area (Å²) >= 11 is 1.60. The number of amides is 1. The van der Waals surface area contributed by atoms with E-state index in [1.165, 1.54) is 0 Å². The van der Waals surface area contributed by atoms with E-state index in [2.05, 4.69) is 5.32 Å². The Morgan fingerprint density at radius 3 is 2.63 bits per heavy atom. The normalized spacial score (nSPS) is 10.2. The minimum atomic E-state index is -0.121. The molecule has 98 valence electrons. The SMILES string of the molecule is CSc1ccccc1NC(=O)c1ccc(N)c(C)c1. The number of hydrogen-bond acceptors (Lipinski definition) is 3. The Kier molecular flexibility index (Phi) is 4.12. The molecule has 2 aromatic rings. The molecule has 4 heteroatoms. The van der Waals surface area contributed by atoms with E-state index >= 15 is 0 Å². The number of nitrogens with one attached hydrogen (secondary N) is 1. The Hall–Kier alpha value is -1.94. The molecule has 0 aliphatic heterocycles. The molecular weight excluding hydrogens is 256 g/mol. The predicted octanol–water partition coefficient (Wildman–Crippen LogP) is 3.55. The number of aryl methyl sites for hydroxylation is 1. The van der Waals surface area contributed by atoms with E-state index in [4.69, 9.17) is 5.73 Å². The number of anilines is 2. The number of thioether (sulfide) groups is 1. The number of nitrogens with two attached hydrogens (primary N) is 1. The van der Waals surface area contributed by atoms with E-state index in [-0.39, 0.29) is 5.91 Å². The van der Waals surface area contributed by atoms with Crippen molar-refractivity contribution in [3.63, 3.8) is 0 Å². The van der Waals surface area contributed by atoms with Gasteiger partial charge < -0.3 is 11.1 Å². The first-order valence-corrected chi connectivity index (χ1v) is 7.15. The maximum atomic E-state index is 12.2. The summed E-state index contributed by atoms with van der Waals surface area (Å²) < 4.78 is 0. The van der Waals surface area contributed by atoms with Gasteiger partial charge in [0.1, 0.15) is 0 Å². The first-order chi connectivity index (χ1) is 9.11.